The van der Waals surface area contributed by atoms with Crippen LogP contribution in [0.25, 0.3) is 11.0 Å². The first-order valence-corrected chi connectivity index (χ1v) is 10.7. The molecule has 1 aliphatic heterocycles. The van der Waals surface area contributed by atoms with E-state index in [2.05, 4.69) is 15.9 Å². The molecule has 7 heteroatoms. The zero-order valence-electron chi connectivity index (χ0n) is 15.9. The SMILES string of the molecule is O=C1c2oc3ccc(F)cc3c(=O)c2C(c2cccc(Br)c2)N1Cc1ccccc1Cl. The predicted octanol–water partition coefficient (Wildman–Crippen LogP) is 6.09. The second-order valence-electron chi connectivity index (χ2n) is 7.30. The lowest BCUT2D eigenvalue weighted by atomic mass is 9.98. The van der Waals surface area contributed by atoms with Gasteiger partial charge >= 0.3 is 0 Å². The Morgan fingerprint density at radius 3 is 2.61 bits per heavy atom. The Bertz CT molecular complexity index is 1420. The van der Waals surface area contributed by atoms with Gasteiger partial charge in [-0.2, -0.15) is 0 Å². The average molecular weight is 499 g/mol. The van der Waals surface area contributed by atoms with Crippen LogP contribution in [0.3, 0.4) is 0 Å². The Labute approximate surface area is 190 Å². The van der Waals surface area contributed by atoms with Gasteiger partial charge in [0.2, 0.25) is 5.76 Å². The first kappa shape index (κ1) is 20.0. The van der Waals surface area contributed by atoms with Crippen LogP contribution in [0.15, 0.2) is 80.4 Å². The van der Waals surface area contributed by atoms with E-state index >= 15 is 0 Å². The second-order valence-corrected chi connectivity index (χ2v) is 8.62. The summed E-state index contributed by atoms with van der Waals surface area (Å²) in [6.07, 6.45) is 0. The second kappa shape index (κ2) is 7.62. The van der Waals surface area contributed by atoms with Crippen molar-refractivity contribution in [1.82, 2.24) is 4.90 Å². The first-order valence-electron chi connectivity index (χ1n) is 9.50. The third-order valence-corrected chi connectivity index (χ3v) is 6.25. The average Bonchev–Trinajstić information content (AvgIpc) is 3.02. The van der Waals surface area contributed by atoms with Crippen molar-refractivity contribution < 1.29 is 13.6 Å². The van der Waals surface area contributed by atoms with Gasteiger partial charge in [0.15, 0.2) is 5.43 Å². The van der Waals surface area contributed by atoms with Crippen LogP contribution < -0.4 is 5.43 Å². The van der Waals surface area contributed by atoms with Crippen LogP contribution in [0.4, 0.5) is 4.39 Å². The van der Waals surface area contributed by atoms with Crippen molar-refractivity contribution >= 4 is 44.4 Å². The summed E-state index contributed by atoms with van der Waals surface area (Å²) in [6.45, 7) is 0.185. The molecule has 0 bridgehead atoms. The molecular formula is C24H14BrClFNO3. The number of nitrogens with zero attached hydrogens (tertiary/aromatic N) is 1. The van der Waals surface area contributed by atoms with E-state index in [0.29, 0.717) is 5.02 Å². The van der Waals surface area contributed by atoms with Crippen molar-refractivity contribution in [3.8, 4) is 0 Å². The van der Waals surface area contributed by atoms with Gasteiger partial charge in [0.25, 0.3) is 5.91 Å². The fraction of sp³-hybridized carbons (Fsp3) is 0.0833. The molecule has 0 spiro atoms. The van der Waals surface area contributed by atoms with E-state index in [1.54, 1.807) is 11.0 Å². The molecule has 5 rings (SSSR count). The summed E-state index contributed by atoms with van der Waals surface area (Å²) in [5.74, 6) is -0.986. The Balaban J connectivity index is 1.75. The number of benzene rings is 3. The van der Waals surface area contributed by atoms with Gasteiger partial charge in [0.1, 0.15) is 11.4 Å². The molecule has 1 atom stereocenters. The molecule has 31 heavy (non-hydrogen) atoms. The minimum absolute atomic E-state index is 0.0267. The summed E-state index contributed by atoms with van der Waals surface area (Å²) >= 11 is 9.80. The topological polar surface area (TPSA) is 50.5 Å². The molecule has 1 unspecified atom stereocenters. The predicted molar refractivity (Wildman–Crippen MR) is 120 cm³/mol. The number of carbonyl (C=O) groups is 1. The molecule has 0 saturated carbocycles. The van der Waals surface area contributed by atoms with Crippen molar-refractivity contribution in [2.75, 3.05) is 0 Å². The molecule has 0 N–H and O–H groups in total. The molecule has 2 heterocycles. The van der Waals surface area contributed by atoms with Gasteiger partial charge in [-0.3, -0.25) is 9.59 Å². The van der Waals surface area contributed by atoms with Gasteiger partial charge in [-0.25, -0.2) is 4.39 Å². The number of halogens is 3. The lowest BCUT2D eigenvalue weighted by Gasteiger charge is -2.25. The molecule has 154 valence electrons. The maximum absolute atomic E-state index is 13.8. The van der Waals surface area contributed by atoms with E-state index in [-0.39, 0.29) is 28.8 Å². The number of hydrogen-bond donors (Lipinski definition) is 0. The van der Waals surface area contributed by atoms with Crippen LogP contribution in [-0.2, 0) is 6.54 Å². The van der Waals surface area contributed by atoms with Gasteiger partial charge < -0.3 is 9.32 Å². The monoisotopic (exact) mass is 497 g/mol. The summed E-state index contributed by atoms with van der Waals surface area (Å²) < 4.78 is 20.5. The van der Waals surface area contributed by atoms with Gasteiger partial charge in [0.05, 0.1) is 17.0 Å². The number of carbonyl (C=O) groups excluding carboxylic acids is 1. The van der Waals surface area contributed by atoms with Gasteiger partial charge in [0, 0.05) is 16.0 Å². The van der Waals surface area contributed by atoms with Gasteiger partial charge in [-0.05, 0) is 47.5 Å². The molecular weight excluding hydrogens is 485 g/mol. The number of hydrogen-bond acceptors (Lipinski definition) is 3. The van der Waals surface area contributed by atoms with Crippen molar-refractivity contribution in [3.05, 3.63) is 115 Å². The third kappa shape index (κ3) is 3.36. The molecule has 1 amide bonds. The molecule has 0 radical (unpaired) electrons. The highest BCUT2D eigenvalue weighted by molar-refractivity contribution is 9.10. The molecule has 4 nitrogen and oxygen atoms in total. The fourth-order valence-corrected chi connectivity index (χ4v) is 4.60. The molecule has 0 saturated heterocycles. The molecule has 1 aliphatic rings. The van der Waals surface area contributed by atoms with Crippen molar-refractivity contribution in [2.24, 2.45) is 0 Å². The zero-order chi connectivity index (χ0) is 21.7. The normalized spacial score (nSPS) is 15.5. The summed E-state index contributed by atoms with van der Waals surface area (Å²) in [6, 6.07) is 17.6. The summed E-state index contributed by atoms with van der Waals surface area (Å²) in [4.78, 5) is 28.4. The van der Waals surface area contributed by atoms with Gasteiger partial charge in [-0.1, -0.05) is 57.9 Å². The van der Waals surface area contributed by atoms with Crippen molar-refractivity contribution in [3.63, 3.8) is 0 Å². The fourth-order valence-electron chi connectivity index (χ4n) is 3.99. The lowest BCUT2D eigenvalue weighted by Crippen LogP contribution is -2.29. The maximum Gasteiger partial charge on any atom is 0.291 e. The highest BCUT2D eigenvalue weighted by Gasteiger charge is 2.43. The van der Waals surface area contributed by atoms with E-state index in [4.69, 9.17) is 16.0 Å². The van der Waals surface area contributed by atoms with Crippen LogP contribution in [0.2, 0.25) is 5.02 Å². The minimum atomic E-state index is -0.694. The number of amides is 1. The summed E-state index contributed by atoms with van der Waals surface area (Å²) in [5, 5.41) is 0.622. The molecule has 3 aromatic carbocycles. The Hall–Kier alpha value is -2.96. The molecule has 0 aliphatic carbocycles. The molecule has 1 aromatic heterocycles. The summed E-state index contributed by atoms with van der Waals surface area (Å²) in [5.41, 5.74) is 1.43. The Morgan fingerprint density at radius 2 is 1.84 bits per heavy atom. The van der Waals surface area contributed by atoms with Crippen LogP contribution >= 0.6 is 27.5 Å². The number of rotatable bonds is 3. The molecule has 4 aromatic rings. The van der Waals surface area contributed by atoms with Crippen LogP contribution in [-0.4, -0.2) is 10.8 Å². The lowest BCUT2D eigenvalue weighted by molar-refractivity contribution is 0.0714. The van der Waals surface area contributed by atoms with E-state index in [1.165, 1.54) is 12.1 Å². The number of fused-ring (bicyclic) bond motifs is 2. The van der Waals surface area contributed by atoms with E-state index in [0.717, 1.165) is 21.7 Å². The minimum Gasteiger partial charge on any atom is -0.450 e. The van der Waals surface area contributed by atoms with Crippen LogP contribution in [0.5, 0.6) is 0 Å². The van der Waals surface area contributed by atoms with Gasteiger partial charge in [-0.15, -0.1) is 0 Å². The molecule has 0 fully saturated rings. The Morgan fingerprint density at radius 1 is 1.03 bits per heavy atom. The van der Waals surface area contributed by atoms with Crippen LogP contribution in [0.1, 0.15) is 33.3 Å². The first-order chi connectivity index (χ1) is 14.9. The highest BCUT2D eigenvalue weighted by atomic mass is 79.9. The van der Waals surface area contributed by atoms with E-state index in [9.17, 15) is 14.0 Å². The van der Waals surface area contributed by atoms with Crippen molar-refractivity contribution in [1.29, 1.82) is 0 Å². The van der Waals surface area contributed by atoms with E-state index < -0.39 is 23.2 Å². The summed E-state index contributed by atoms with van der Waals surface area (Å²) in [7, 11) is 0. The highest BCUT2D eigenvalue weighted by Crippen LogP contribution is 2.40. The Kier molecular flexibility index (Phi) is 4.91. The van der Waals surface area contributed by atoms with E-state index in [1.807, 2.05) is 42.5 Å². The maximum atomic E-state index is 13.8. The van der Waals surface area contributed by atoms with Crippen molar-refractivity contribution in [2.45, 2.75) is 12.6 Å². The quantitative estimate of drug-likeness (QED) is 0.343. The van der Waals surface area contributed by atoms with Crippen LogP contribution in [0, 0.1) is 5.82 Å². The zero-order valence-corrected chi connectivity index (χ0v) is 18.3. The standard InChI is InChI=1S/C24H14BrClFNO3/c25-15-6-3-5-13(10-15)21-20-22(29)17-11-16(27)8-9-19(17)31-23(20)24(30)28(21)12-14-4-1-2-7-18(14)26/h1-11,21H,12H2. The third-order valence-electron chi connectivity index (χ3n) is 5.39. The largest absolute Gasteiger partial charge is 0.450 e. The smallest absolute Gasteiger partial charge is 0.291 e.